The third-order valence-electron chi connectivity index (χ3n) is 3.99. The number of nitrogens with one attached hydrogen (secondary N) is 1. The number of halogens is 1. The van der Waals surface area contributed by atoms with Gasteiger partial charge >= 0.3 is 0 Å². The Balaban J connectivity index is 1.56. The lowest BCUT2D eigenvalue weighted by molar-refractivity contribution is 0.102. The van der Waals surface area contributed by atoms with Gasteiger partial charge in [-0.2, -0.15) is 0 Å². The van der Waals surface area contributed by atoms with Crippen molar-refractivity contribution in [2.45, 2.75) is 25.8 Å². The molecule has 1 aliphatic heterocycles. The van der Waals surface area contributed by atoms with Gasteiger partial charge in [-0.15, -0.1) is 0 Å². The Morgan fingerprint density at radius 1 is 1.40 bits per heavy atom. The van der Waals surface area contributed by atoms with Crippen molar-refractivity contribution >= 4 is 29.2 Å². The summed E-state index contributed by atoms with van der Waals surface area (Å²) in [6.45, 7) is 2.39. The van der Waals surface area contributed by atoms with Crippen molar-refractivity contribution in [1.29, 1.82) is 0 Å². The molecule has 2 aromatic rings. The highest BCUT2D eigenvalue weighted by molar-refractivity contribution is 6.31. The molecule has 0 radical (unpaired) electrons. The Kier molecular flexibility index (Phi) is 5.19. The number of hydrogen-bond acceptors (Lipinski definition) is 5. The quantitative estimate of drug-likeness (QED) is 0.859. The molecule has 3 N–H and O–H groups in total. The van der Waals surface area contributed by atoms with Crippen LogP contribution in [0.5, 0.6) is 0 Å². The van der Waals surface area contributed by atoms with E-state index in [0.29, 0.717) is 17.3 Å². The summed E-state index contributed by atoms with van der Waals surface area (Å²) in [6, 6.07) is 9.78. The van der Waals surface area contributed by atoms with Gasteiger partial charge in [0.05, 0.1) is 11.1 Å². The number of nitrogens with zero attached hydrogens (tertiary/aromatic N) is 2. The average Bonchev–Trinajstić information content (AvgIpc) is 3.02. The second-order valence-electron chi connectivity index (χ2n) is 5.94. The fourth-order valence-corrected chi connectivity index (χ4v) is 2.63. The van der Waals surface area contributed by atoms with Gasteiger partial charge in [0.1, 0.15) is 12.3 Å². The average molecular weight is 359 g/mol. The molecule has 6 nitrogen and oxygen atoms in total. The number of carbonyl (C=O) groups excluding carboxylic acids is 1. The zero-order chi connectivity index (χ0) is 17.8. The van der Waals surface area contributed by atoms with Crippen LogP contribution in [0.25, 0.3) is 0 Å². The van der Waals surface area contributed by atoms with E-state index in [1.807, 2.05) is 31.2 Å². The van der Waals surface area contributed by atoms with E-state index in [-0.39, 0.29) is 18.0 Å². The topological polar surface area (TPSA) is 89.6 Å². The van der Waals surface area contributed by atoms with Gasteiger partial charge in [-0.1, -0.05) is 23.7 Å². The van der Waals surface area contributed by atoms with Crippen LogP contribution in [-0.2, 0) is 11.2 Å². The lowest BCUT2D eigenvalue weighted by Crippen LogP contribution is -2.14. The first-order chi connectivity index (χ1) is 12.0. The highest BCUT2D eigenvalue weighted by atomic mass is 35.5. The Labute approximate surface area is 151 Å². The summed E-state index contributed by atoms with van der Waals surface area (Å²) in [6.07, 6.45) is 3.23. The molecule has 0 bridgehead atoms. The summed E-state index contributed by atoms with van der Waals surface area (Å²) in [5.41, 5.74) is 8.54. The molecule has 3 rings (SSSR count). The van der Waals surface area contributed by atoms with Crippen molar-refractivity contribution in [2.24, 2.45) is 10.7 Å². The summed E-state index contributed by atoms with van der Waals surface area (Å²) in [7, 11) is 0. The van der Waals surface area contributed by atoms with Gasteiger partial charge in [-0.05, 0) is 49.1 Å². The number of hydrogen-bond donors (Lipinski definition) is 2. The molecular weight excluding hydrogens is 340 g/mol. The first-order valence-corrected chi connectivity index (χ1v) is 8.37. The van der Waals surface area contributed by atoms with Crippen molar-refractivity contribution < 1.29 is 9.53 Å². The van der Waals surface area contributed by atoms with E-state index < -0.39 is 0 Å². The number of anilines is 1. The van der Waals surface area contributed by atoms with Crippen molar-refractivity contribution in [3.05, 3.63) is 58.4 Å². The van der Waals surface area contributed by atoms with Crippen LogP contribution >= 0.6 is 11.6 Å². The minimum atomic E-state index is -0.263. The largest absolute Gasteiger partial charge is 0.463 e. The maximum absolute atomic E-state index is 12.2. The molecule has 25 heavy (non-hydrogen) atoms. The van der Waals surface area contributed by atoms with Gasteiger partial charge < -0.3 is 15.8 Å². The fraction of sp³-hybridized carbons (Fsp3) is 0.278. The molecule has 0 fully saturated rings. The molecule has 1 aromatic carbocycles. The van der Waals surface area contributed by atoms with Crippen LogP contribution in [0.1, 0.15) is 28.0 Å². The van der Waals surface area contributed by atoms with Gasteiger partial charge in [0, 0.05) is 11.9 Å². The molecule has 2 heterocycles. The summed E-state index contributed by atoms with van der Waals surface area (Å²) >= 11 is 5.93. The number of aromatic nitrogens is 1. The number of aryl methyl sites for hydroxylation is 2. The molecule has 1 aromatic heterocycles. The van der Waals surface area contributed by atoms with Crippen molar-refractivity contribution in [1.82, 2.24) is 4.98 Å². The second-order valence-corrected chi connectivity index (χ2v) is 6.35. The van der Waals surface area contributed by atoms with Gasteiger partial charge in [0.25, 0.3) is 11.9 Å². The number of benzene rings is 1. The number of carbonyl (C=O) groups is 1. The van der Waals surface area contributed by atoms with Crippen LogP contribution < -0.4 is 11.1 Å². The first-order valence-electron chi connectivity index (χ1n) is 8.00. The zero-order valence-corrected chi connectivity index (χ0v) is 14.6. The van der Waals surface area contributed by atoms with E-state index >= 15 is 0 Å². The maximum atomic E-state index is 12.2. The maximum Gasteiger partial charge on any atom is 0.282 e. The number of pyridine rings is 1. The van der Waals surface area contributed by atoms with E-state index in [0.717, 1.165) is 24.1 Å². The number of nitrogens with two attached hydrogens (primary N) is 1. The summed E-state index contributed by atoms with van der Waals surface area (Å²) < 4.78 is 5.14. The molecule has 0 saturated heterocycles. The normalized spacial score (nSPS) is 16.2. The fourth-order valence-electron chi connectivity index (χ4n) is 2.53. The Morgan fingerprint density at radius 3 is 2.80 bits per heavy atom. The van der Waals surface area contributed by atoms with Gasteiger partial charge in [-0.25, -0.2) is 9.98 Å². The van der Waals surface area contributed by atoms with Crippen LogP contribution in [-0.4, -0.2) is 29.6 Å². The highest BCUT2D eigenvalue weighted by Gasteiger charge is 2.16. The molecule has 1 unspecified atom stereocenters. The number of amidine groups is 1. The summed E-state index contributed by atoms with van der Waals surface area (Å²) in [4.78, 5) is 20.5. The van der Waals surface area contributed by atoms with Gasteiger partial charge in [0.2, 0.25) is 0 Å². The number of amides is 1. The monoisotopic (exact) mass is 358 g/mol. The Morgan fingerprint density at radius 2 is 2.16 bits per heavy atom. The molecule has 1 amide bonds. The number of aliphatic imine (C=N–C) groups is 1. The minimum absolute atomic E-state index is 0.124. The van der Waals surface area contributed by atoms with E-state index in [1.54, 1.807) is 6.07 Å². The number of ether oxygens (including phenoxy) is 1. The Bertz CT molecular complexity index is 805. The third kappa shape index (κ3) is 4.48. The lowest BCUT2D eigenvalue weighted by Gasteiger charge is -2.08. The predicted octanol–water partition coefficient (Wildman–Crippen LogP) is 2.94. The Hall–Kier alpha value is -2.60. The van der Waals surface area contributed by atoms with E-state index in [4.69, 9.17) is 22.1 Å². The van der Waals surface area contributed by atoms with E-state index in [2.05, 4.69) is 15.3 Å². The molecule has 0 spiro atoms. The van der Waals surface area contributed by atoms with Crippen molar-refractivity contribution in [2.75, 3.05) is 11.9 Å². The summed E-state index contributed by atoms with van der Waals surface area (Å²) in [5, 5.41) is 3.37. The standard InChI is InChI=1S/C18H19ClN4O2/c1-11-8-16(21-9-15(11)19)17(24)22-13-5-2-12(3-6-13)4-7-14-10-25-18(20)23-14/h2-3,5-6,8-9,14H,4,7,10H2,1H3,(H2,20,23)(H,22,24). The summed E-state index contributed by atoms with van der Waals surface area (Å²) in [5.74, 6) is -0.263. The predicted molar refractivity (Wildman–Crippen MR) is 98.1 cm³/mol. The van der Waals surface area contributed by atoms with Crippen molar-refractivity contribution in [3.63, 3.8) is 0 Å². The number of rotatable bonds is 5. The van der Waals surface area contributed by atoms with Crippen LogP contribution in [0.15, 0.2) is 41.5 Å². The van der Waals surface area contributed by atoms with Gasteiger partial charge in [-0.3, -0.25) is 4.79 Å². The van der Waals surface area contributed by atoms with Crippen LogP contribution in [0.2, 0.25) is 5.02 Å². The van der Waals surface area contributed by atoms with Crippen LogP contribution in [0, 0.1) is 6.92 Å². The molecule has 1 atom stereocenters. The SMILES string of the molecule is Cc1cc(C(=O)Nc2ccc(CCC3COC(N)=N3)cc2)ncc1Cl. The third-order valence-corrected chi connectivity index (χ3v) is 4.39. The van der Waals surface area contributed by atoms with Gasteiger partial charge in [0.15, 0.2) is 0 Å². The second kappa shape index (κ2) is 7.53. The van der Waals surface area contributed by atoms with Crippen molar-refractivity contribution in [3.8, 4) is 0 Å². The lowest BCUT2D eigenvalue weighted by atomic mass is 10.1. The molecule has 0 aliphatic carbocycles. The van der Waals surface area contributed by atoms with Crippen LogP contribution in [0.4, 0.5) is 5.69 Å². The molecular formula is C18H19ClN4O2. The molecule has 0 saturated carbocycles. The highest BCUT2D eigenvalue weighted by Crippen LogP contribution is 2.17. The molecule has 1 aliphatic rings. The zero-order valence-electron chi connectivity index (χ0n) is 13.8. The van der Waals surface area contributed by atoms with E-state index in [9.17, 15) is 4.79 Å². The minimum Gasteiger partial charge on any atom is -0.463 e. The first kappa shape index (κ1) is 17.2. The van der Waals surface area contributed by atoms with E-state index in [1.165, 1.54) is 11.8 Å². The smallest absolute Gasteiger partial charge is 0.282 e. The molecule has 7 heteroatoms. The van der Waals surface area contributed by atoms with Crippen LogP contribution in [0.3, 0.4) is 0 Å². The molecule has 130 valence electrons.